The van der Waals surface area contributed by atoms with Crippen molar-refractivity contribution in [3.8, 4) is 22.5 Å². The molecule has 5 rings (SSSR count). The highest BCUT2D eigenvalue weighted by Gasteiger charge is 2.15. The third kappa shape index (κ3) is 3.12. The Bertz CT molecular complexity index is 1370. The summed E-state index contributed by atoms with van der Waals surface area (Å²) < 4.78 is 6.82. The van der Waals surface area contributed by atoms with E-state index in [1.165, 1.54) is 0 Å². The van der Waals surface area contributed by atoms with Crippen molar-refractivity contribution in [2.45, 2.75) is 13.8 Å². The number of carbonyl (C=O) groups excluding carboxylic acids is 1. The van der Waals surface area contributed by atoms with Gasteiger partial charge in [0.1, 0.15) is 11.3 Å². The molecule has 5 aromatic rings. The van der Waals surface area contributed by atoms with Crippen LogP contribution in [0.2, 0.25) is 0 Å². The lowest BCUT2D eigenvalue weighted by atomic mass is 10.1. The second-order valence-corrected chi connectivity index (χ2v) is 6.90. The lowest BCUT2D eigenvalue weighted by Gasteiger charge is -2.10. The molecule has 0 unspecified atom stereocenters. The monoisotopic (exact) mass is 399 g/mol. The third-order valence-electron chi connectivity index (χ3n) is 4.84. The molecule has 0 spiro atoms. The van der Waals surface area contributed by atoms with E-state index >= 15 is 0 Å². The first-order valence-electron chi connectivity index (χ1n) is 9.27. The average molecular weight is 399 g/mol. The Labute approximate surface area is 170 Å². The van der Waals surface area contributed by atoms with E-state index in [1.807, 2.05) is 43.5 Å². The maximum absolute atomic E-state index is 13.1. The molecular weight excluding hydrogens is 382 g/mol. The molecule has 4 heterocycles. The van der Waals surface area contributed by atoms with Gasteiger partial charge in [0.05, 0.1) is 12.4 Å². The summed E-state index contributed by atoms with van der Waals surface area (Å²) in [6, 6.07) is 9.43. The van der Waals surface area contributed by atoms with Crippen molar-refractivity contribution in [1.29, 1.82) is 0 Å². The minimum Gasteiger partial charge on any atom is -0.339 e. The van der Waals surface area contributed by atoms with Crippen molar-refractivity contribution >= 4 is 17.2 Å². The number of hydrogen-bond acceptors (Lipinski definition) is 6. The maximum atomic E-state index is 13.1. The maximum Gasteiger partial charge on any atom is 0.274 e. The highest BCUT2D eigenvalue weighted by molar-refractivity contribution is 6.04. The Hall–Kier alpha value is -4.27. The number of hydrogen-bond donors (Lipinski definition) is 2. The van der Waals surface area contributed by atoms with Crippen LogP contribution in [0.15, 0.2) is 59.6 Å². The smallest absolute Gasteiger partial charge is 0.274 e. The van der Waals surface area contributed by atoms with Crippen LogP contribution in [0, 0.1) is 13.8 Å². The summed E-state index contributed by atoms with van der Waals surface area (Å²) in [5.41, 5.74) is 5.30. The molecule has 0 aliphatic heterocycles. The van der Waals surface area contributed by atoms with E-state index in [4.69, 9.17) is 4.52 Å². The van der Waals surface area contributed by atoms with Crippen molar-refractivity contribution in [2.24, 2.45) is 0 Å². The summed E-state index contributed by atoms with van der Waals surface area (Å²) in [5, 5.41) is 13.7. The number of pyridine rings is 1. The van der Waals surface area contributed by atoms with E-state index in [9.17, 15) is 4.79 Å². The van der Waals surface area contributed by atoms with Crippen molar-refractivity contribution < 1.29 is 9.32 Å². The number of nitrogens with one attached hydrogen (secondary N) is 2. The second-order valence-electron chi connectivity index (χ2n) is 6.90. The van der Waals surface area contributed by atoms with Gasteiger partial charge >= 0.3 is 0 Å². The van der Waals surface area contributed by atoms with E-state index in [-0.39, 0.29) is 5.91 Å². The number of aryl methyl sites for hydroxylation is 2. The van der Waals surface area contributed by atoms with Crippen molar-refractivity contribution in [3.05, 3.63) is 72.3 Å². The van der Waals surface area contributed by atoms with Gasteiger partial charge < -0.3 is 9.84 Å². The summed E-state index contributed by atoms with van der Waals surface area (Å²) in [6.07, 6.45) is 6.96. The molecule has 0 atom stereocenters. The summed E-state index contributed by atoms with van der Waals surface area (Å²) >= 11 is 0. The lowest BCUT2D eigenvalue weighted by Crippen LogP contribution is -2.15. The quantitative estimate of drug-likeness (QED) is 0.477. The molecule has 0 fully saturated rings. The first kappa shape index (κ1) is 17.8. The molecule has 9 heteroatoms. The largest absolute Gasteiger partial charge is 0.339 e. The van der Waals surface area contributed by atoms with Gasteiger partial charge in [0.25, 0.3) is 5.91 Å². The van der Waals surface area contributed by atoms with Crippen LogP contribution >= 0.6 is 0 Å². The topological polar surface area (TPSA) is 114 Å². The fourth-order valence-corrected chi connectivity index (χ4v) is 3.23. The van der Waals surface area contributed by atoms with Crippen LogP contribution in [0.3, 0.4) is 0 Å². The Kier molecular flexibility index (Phi) is 4.13. The first-order valence-corrected chi connectivity index (χ1v) is 9.27. The molecule has 0 saturated heterocycles. The molecule has 9 nitrogen and oxygen atoms in total. The highest BCUT2D eigenvalue weighted by Crippen LogP contribution is 2.25. The average Bonchev–Trinajstić information content (AvgIpc) is 3.49. The summed E-state index contributed by atoms with van der Waals surface area (Å²) in [4.78, 5) is 21.6. The number of nitrogens with zero attached hydrogens (tertiary/aromatic N) is 5. The van der Waals surface area contributed by atoms with E-state index < -0.39 is 0 Å². The molecule has 0 aliphatic carbocycles. The van der Waals surface area contributed by atoms with Gasteiger partial charge in [-0.2, -0.15) is 10.1 Å². The summed E-state index contributed by atoms with van der Waals surface area (Å²) in [5.74, 6) is 0.689. The van der Waals surface area contributed by atoms with Crippen LogP contribution in [0.25, 0.3) is 28.2 Å². The third-order valence-corrected chi connectivity index (χ3v) is 4.84. The van der Waals surface area contributed by atoms with Gasteiger partial charge in [-0.3, -0.25) is 14.3 Å². The number of aromatic amines is 1. The first-order chi connectivity index (χ1) is 14.6. The van der Waals surface area contributed by atoms with Crippen LogP contribution < -0.4 is 5.32 Å². The van der Waals surface area contributed by atoms with Crippen molar-refractivity contribution in [2.75, 3.05) is 5.32 Å². The zero-order chi connectivity index (χ0) is 20.7. The van der Waals surface area contributed by atoms with E-state index in [1.54, 1.807) is 29.9 Å². The number of H-pyrrole nitrogens is 1. The van der Waals surface area contributed by atoms with E-state index in [2.05, 4.69) is 30.6 Å². The molecular formula is C21H17N7O2. The number of aromatic nitrogens is 6. The molecule has 30 heavy (non-hydrogen) atoms. The highest BCUT2D eigenvalue weighted by atomic mass is 16.5. The van der Waals surface area contributed by atoms with Crippen LogP contribution in [0.4, 0.5) is 5.69 Å². The Balaban J connectivity index is 1.48. The number of benzene rings is 1. The molecule has 0 radical (unpaired) electrons. The number of rotatable bonds is 4. The molecule has 0 bridgehead atoms. The number of amides is 1. The van der Waals surface area contributed by atoms with Crippen molar-refractivity contribution in [1.82, 2.24) is 29.7 Å². The SMILES string of the molecule is Cc1nc(-c2ccc(C)c(NC(=O)c3cnc4ccc(-c5cn[nH]c5)cn34)c2)no1. The fraction of sp³-hybridized carbons (Fsp3) is 0.0952. The lowest BCUT2D eigenvalue weighted by molar-refractivity contribution is 0.102. The minimum absolute atomic E-state index is 0.267. The number of carbonyl (C=O) groups is 1. The Morgan fingerprint density at radius 3 is 2.73 bits per heavy atom. The predicted molar refractivity (Wildman–Crippen MR) is 110 cm³/mol. The van der Waals surface area contributed by atoms with E-state index in [0.717, 1.165) is 22.3 Å². The zero-order valence-corrected chi connectivity index (χ0v) is 16.2. The second kappa shape index (κ2) is 6.96. The van der Waals surface area contributed by atoms with Gasteiger partial charge in [-0.25, -0.2) is 4.98 Å². The molecule has 0 saturated carbocycles. The van der Waals surface area contributed by atoms with Crippen molar-refractivity contribution in [3.63, 3.8) is 0 Å². The molecule has 0 aliphatic rings. The summed E-state index contributed by atoms with van der Waals surface area (Å²) in [6.45, 7) is 3.66. The van der Waals surface area contributed by atoms with Gasteiger partial charge in [0, 0.05) is 41.7 Å². The van der Waals surface area contributed by atoms with E-state index in [0.29, 0.717) is 28.7 Å². The van der Waals surface area contributed by atoms with Crippen LogP contribution in [-0.4, -0.2) is 35.6 Å². The van der Waals surface area contributed by atoms with Crippen LogP contribution in [-0.2, 0) is 0 Å². The molecule has 148 valence electrons. The Morgan fingerprint density at radius 2 is 1.97 bits per heavy atom. The standard InChI is InChI=1S/C21H17N7O2/c1-12-3-4-14(20-25-13(2)30-27-20)7-17(12)26-21(29)18-10-22-19-6-5-15(11-28(18)19)16-8-23-24-9-16/h3-11H,1-2H3,(H,23,24)(H,26,29). The molecule has 2 N–H and O–H groups in total. The number of imidazole rings is 1. The minimum atomic E-state index is -0.267. The normalized spacial score (nSPS) is 11.1. The fourth-order valence-electron chi connectivity index (χ4n) is 3.23. The number of anilines is 1. The van der Waals surface area contributed by atoms with Gasteiger partial charge in [-0.05, 0) is 30.7 Å². The van der Waals surface area contributed by atoms with Crippen LogP contribution in [0.5, 0.6) is 0 Å². The Morgan fingerprint density at radius 1 is 1.10 bits per heavy atom. The molecule has 1 aromatic carbocycles. The molecule has 4 aromatic heterocycles. The zero-order valence-electron chi connectivity index (χ0n) is 16.2. The molecule has 1 amide bonds. The van der Waals surface area contributed by atoms with Gasteiger partial charge in [-0.15, -0.1) is 0 Å². The van der Waals surface area contributed by atoms with Crippen LogP contribution in [0.1, 0.15) is 21.9 Å². The van der Waals surface area contributed by atoms with Gasteiger partial charge in [0.2, 0.25) is 11.7 Å². The van der Waals surface area contributed by atoms with Gasteiger partial charge in [0.15, 0.2) is 0 Å². The summed E-state index contributed by atoms with van der Waals surface area (Å²) in [7, 11) is 0. The predicted octanol–water partition coefficient (Wildman–Crippen LogP) is 3.64. The number of fused-ring (bicyclic) bond motifs is 1. The van der Waals surface area contributed by atoms with Gasteiger partial charge in [-0.1, -0.05) is 17.3 Å².